The van der Waals surface area contributed by atoms with Crippen LogP contribution in [0.4, 0.5) is 0 Å². The highest BCUT2D eigenvalue weighted by molar-refractivity contribution is 7.98. The highest BCUT2D eigenvalue weighted by atomic mass is 32.2. The molecule has 0 aliphatic carbocycles. The summed E-state index contributed by atoms with van der Waals surface area (Å²) in [4.78, 5) is 15.8. The van der Waals surface area contributed by atoms with E-state index in [1.165, 1.54) is 6.42 Å². The standard InChI is InChI=1S/C16H23NO2S/c1-11-7-12(2)10-17(9-11)16(18)14-6-5-13(20-4)8-15(14)19-3/h5-6,8,11-12H,7,9-10H2,1-4H3/t11-,12-/m0/s1. The Labute approximate surface area is 125 Å². The fraction of sp³-hybridized carbons (Fsp3) is 0.562. The van der Waals surface area contributed by atoms with Gasteiger partial charge in [0.05, 0.1) is 12.7 Å². The smallest absolute Gasteiger partial charge is 0.257 e. The molecule has 1 aliphatic heterocycles. The second kappa shape index (κ2) is 6.53. The Morgan fingerprint density at radius 2 is 1.95 bits per heavy atom. The minimum absolute atomic E-state index is 0.0907. The number of hydrogen-bond acceptors (Lipinski definition) is 3. The van der Waals surface area contributed by atoms with Gasteiger partial charge in [0.15, 0.2) is 0 Å². The van der Waals surface area contributed by atoms with Gasteiger partial charge in [-0.2, -0.15) is 0 Å². The fourth-order valence-electron chi connectivity index (χ4n) is 2.97. The second-order valence-corrected chi connectivity index (χ2v) is 6.60. The van der Waals surface area contributed by atoms with Gasteiger partial charge in [0.1, 0.15) is 5.75 Å². The Morgan fingerprint density at radius 3 is 2.50 bits per heavy atom. The number of rotatable bonds is 3. The quantitative estimate of drug-likeness (QED) is 0.798. The molecule has 0 spiro atoms. The van der Waals surface area contributed by atoms with Crippen molar-refractivity contribution in [3.05, 3.63) is 23.8 Å². The zero-order chi connectivity index (χ0) is 14.7. The number of likely N-dealkylation sites (tertiary alicyclic amines) is 1. The van der Waals surface area contributed by atoms with Crippen LogP contribution >= 0.6 is 11.8 Å². The molecule has 1 amide bonds. The zero-order valence-electron chi connectivity index (χ0n) is 12.7. The van der Waals surface area contributed by atoms with Crippen LogP contribution in [0.1, 0.15) is 30.6 Å². The lowest BCUT2D eigenvalue weighted by Gasteiger charge is -2.35. The lowest BCUT2D eigenvalue weighted by Crippen LogP contribution is -2.42. The first-order valence-corrected chi connectivity index (χ1v) is 8.29. The predicted octanol–water partition coefficient (Wildman–Crippen LogP) is 3.54. The molecule has 1 aromatic rings. The number of carbonyl (C=O) groups excluding carboxylic acids is 1. The third kappa shape index (κ3) is 3.29. The van der Waals surface area contributed by atoms with Gasteiger partial charge in [-0.25, -0.2) is 0 Å². The summed E-state index contributed by atoms with van der Waals surface area (Å²) >= 11 is 1.65. The largest absolute Gasteiger partial charge is 0.496 e. The molecule has 0 N–H and O–H groups in total. The van der Waals surface area contributed by atoms with Crippen LogP contribution in [0.5, 0.6) is 5.75 Å². The maximum Gasteiger partial charge on any atom is 0.257 e. The first kappa shape index (κ1) is 15.2. The van der Waals surface area contributed by atoms with Crippen molar-refractivity contribution in [1.82, 2.24) is 4.90 Å². The summed E-state index contributed by atoms with van der Waals surface area (Å²) in [6, 6.07) is 5.81. The van der Waals surface area contributed by atoms with Gasteiger partial charge >= 0.3 is 0 Å². The van der Waals surface area contributed by atoms with Gasteiger partial charge in [-0.3, -0.25) is 4.79 Å². The molecule has 1 aliphatic rings. The highest BCUT2D eigenvalue weighted by Gasteiger charge is 2.27. The molecule has 0 aromatic heterocycles. The van der Waals surface area contributed by atoms with Crippen LogP contribution in [0.2, 0.25) is 0 Å². The molecular weight excluding hydrogens is 270 g/mol. The Morgan fingerprint density at radius 1 is 1.30 bits per heavy atom. The lowest BCUT2D eigenvalue weighted by molar-refractivity contribution is 0.0619. The van der Waals surface area contributed by atoms with E-state index in [0.717, 1.165) is 18.0 Å². The SMILES string of the molecule is COc1cc(SC)ccc1C(=O)N1C[C@@H](C)C[C@H](C)C1. The molecule has 1 saturated heterocycles. The van der Waals surface area contributed by atoms with Gasteiger partial charge in [0.2, 0.25) is 0 Å². The van der Waals surface area contributed by atoms with E-state index in [1.807, 2.05) is 29.4 Å². The zero-order valence-corrected chi connectivity index (χ0v) is 13.5. The molecule has 4 heteroatoms. The van der Waals surface area contributed by atoms with Crippen LogP contribution in [-0.4, -0.2) is 37.3 Å². The van der Waals surface area contributed by atoms with E-state index in [-0.39, 0.29) is 5.91 Å². The lowest BCUT2D eigenvalue weighted by atomic mass is 9.91. The van der Waals surface area contributed by atoms with Crippen molar-refractivity contribution in [1.29, 1.82) is 0 Å². The number of nitrogens with zero attached hydrogens (tertiary/aromatic N) is 1. The van der Waals surface area contributed by atoms with Crippen LogP contribution in [0.25, 0.3) is 0 Å². The van der Waals surface area contributed by atoms with Gasteiger partial charge in [0.25, 0.3) is 5.91 Å². The van der Waals surface area contributed by atoms with E-state index in [1.54, 1.807) is 18.9 Å². The molecule has 0 unspecified atom stereocenters. The van der Waals surface area contributed by atoms with Crippen LogP contribution < -0.4 is 4.74 Å². The Bertz CT molecular complexity index is 479. The average molecular weight is 293 g/mol. The molecule has 3 nitrogen and oxygen atoms in total. The minimum atomic E-state index is 0.0907. The first-order chi connectivity index (χ1) is 9.55. The number of carbonyl (C=O) groups is 1. The van der Waals surface area contributed by atoms with E-state index >= 15 is 0 Å². The first-order valence-electron chi connectivity index (χ1n) is 7.06. The summed E-state index contributed by atoms with van der Waals surface area (Å²) in [5, 5.41) is 0. The summed E-state index contributed by atoms with van der Waals surface area (Å²) < 4.78 is 5.39. The summed E-state index contributed by atoms with van der Waals surface area (Å²) in [6.45, 7) is 6.11. The van der Waals surface area contributed by atoms with Gasteiger partial charge in [-0.1, -0.05) is 13.8 Å². The number of piperidine rings is 1. The maximum atomic E-state index is 12.7. The van der Waals surface area contributed by atoms with Gasteiger partial charge in [0, 0.05) is 18.0 Å². The molecule has 1 fully saturated rings. The van der Waals surface area contributed by atoms with E-state index in [9.17, 15) is 4.79 Å². The van der Waals surface area contributed by atoms with Crippen molar-refractivity contribution in [2.75, 3.05) is 26.5 Å². The normalized spacial score (nSPS) is 22.7. The Balaban J connectivity index is 2.24. The van der Waals surface area contributed by atoms with E-state index in [4.69, 9.17) is 4.74 Å². The number of amides is 1. The van der Waals surface area contributed by atoms with Crippen LogP contribution in [0.3, 0.4) is 0 Å². The van der Waals surface area contributed by atoms with Crippen LogP contribution in [-0.2, 0) is 0 Å². The van der Waals surface area contributed by atoms with Gasteiger partial charge in [-0.15, -0.1) is 11.8 Å². The molecule has 0 saturated carbocycles. The second-order valence-electron chi connectivity index (χ2n) is 5.72. The van der Waals surface area contributed by atoms with E-state index < -0.39 is 0 Å². The van der Waals surface area contributed by atoms with Gasteiger partial charge < -0.3 is 9.64 Å². The number of hydrogen-bond donors (Lipinski definition) is 0. The van der Waals surface area contributed by atoms with E-state index in [0.29, 0.717) is 23.1 Å². The topological polar surface area (TPSA) is 29.5 Å². The third-order valence-corrected chi connectivity index (χ3v) is 4.52. The predicted molar refractivity (Wildman–Crippen MR) is 83.6 cm³/mol. The van der Waals surface area contributed by atoms with Crippen LogP contribution in [0.15, 0.2) is 23.1 Å². The molecule has 0 radical (unpaired) electrons. The number of ether oxygens (including phenoxy) is 1. The van der Waals surface area contributed by atoms with Crippen molar-refractivity contribution in [2.45, 2.75) is 25.2 Å². The number of thioether (sulfide) groups is 1. The average Bonchev–Trinajstić information content (AvgIpc) is 2.44. The summed E-state index contributed by atoms with van der Waals surface area (Å²) in [5.41, 5.74) is 0.673. The molecular formula is C16H23NO2S. The Kier molecular flexibility index (Phi) is 4.97. The highest BCUT2D eigenvalue weighted by Crippen LogP contribution is 2.28. The van der Waals surface area contributed by atoms with E-state index in [2.05, 4.69) is 13.8 Å². The van der Waals surface area contributed by atoms with Gasteiger partial charge in [-0.05, 0) is 42.7 Å². The third-order valence-electron chi connectivity index (χ3n) is 3.80. The Hall–Kier alpha value is -1.16. The summed E-state index contributed by atoms with van der Waals surface area (Å²) in [5.74, 6) is 1.90. The van der Waals surface area contributed by atoms with Crippen molar-refractivity contribution >= 4 is 17.7 Å². The van der Waals surface area contributed by atoms with Crippen LogP contribution in [0, 0.1) is 11.8 Å². The number of benzene rings is 1. The molecule has 2 rings (SSSR count). The van der Waals surface area contributed by atoms with Crippen molar-refractivity contribution in [3.63, 3.8) is 0 Å². The monoisotopic (exact) mass is 293 g/mol. The fourth-order valence-corrected chi connectivity index (χ4v) is 3.40. The van der Waals surface area contributed by atoms with Crippen molar-refractivity contribution in [3.8, 4) is 5.75 Å². The maximum absolute atomic E-state index is 12.7. The molecule has 1 heterocycles. The summed E-state index contributed by atoms with van der Waals surface area (Å²) in [6.07, 6.45) is 3.22. The molecule has 110 valence electrons. The molecule has 20 heavy (non-hydrogen) atoms. The summed E-state index contributed by atoms with van der Waals surface area (Å²) in [7, 11) is 1.62. The van der Waals surface area contributed by atoms with Crippen molar-refractivity contribution in [2.24, 2.45) is 11.8 Å². The number of methoxy groups -OCH3 is 1. The molecule has 1 aromatic carbocycles. The van der Waals surface area contributed by atoms with Crippen molar-refractivity contribution < 1.29 is 9.53 Å². The minimum Gasteiger partial charge on any atom is -0.496 e. The molecule has 2 atom stereocenters. The molecule has 0 bridgehead atoms.